The van der Waals surface area contributed by atoms with Gasteiger partial charge in [-0.05, 0) is 24.1 Å². The maximum Gasteiger partial charge on any atom is 0.331 e. The maximum atomic E-state index is 13.2. The summed E-state index contributed by atoms with van der Waals surface area (Å²) in [7, 11) is 0. The van der Waals surface area contributed by atoms with E-state index in [1.54, 1.807) is 43.3 Å². The van der Waals surface area contributed by atoms with E-state index in [0.717, 1.165) is 0 Å². The first-order valence-electron chi connectivity index (χ1n) is 6.40. The highest BCUT2D eigenvalue weighted by Gasteiger charge is 2.37. The molecule has 1 unspecified atom stereocenters. The van der Waals surface area contributed by atoms with E-state index < -0.39 is 17.3 Å². The Morgan fingerprint density at radius 2 is 1.95 bits per heavy atom. The van der Waals surface area contributed by atoms with Crippen molar-refractivity contribution in [2.45, 2.75) is 12.5 Å². The molecule has 0 saturated carbocycles. The summed E-state index contributed by atoms with van der Waals surface area (Å²) in [5, 5.41) is 9.41. The van der Waals surface area contributed by atoms with Crippen molar-refractivity contribution >= 4 is 5.97 Å². The van der Waals surface area contributed by atoms with Crippen molar-refractivity contribution in [3.05, 3.63) is 65.5 Å². The van der Waals surface area contributed by atoms with Crippen LogP contribution in [0, 0.1) is 12.7 Å². The van der Waals surface area contributed by atoms with Gasteiger partial charge in [-0.2, -0.15) is 0 Å². The third-order valence-electron chi connectivity index (χ3n) is 3.28. The predicted octanol–water partition coefficient (Wildman–Crippen LogP) is 2.45. The molecule has 0 aliphatic rings. The first-order chi connectivity index (χ1) is 9.93. The minimum atomic E-state index is -1.69. The number of halogens is 1. The molecule has 0 aliphatic heterocycles. The molecule has 0 radical (unpaired) electrons. The molecule has 0 heterocycles. The number of carbonyl (C=O) groups is 1. The van der Waals surface area contributed by atoms with Gasteiger partial charge in [0, 0.05) is 6.07 Å². The van der Waals surface area contributed by atoms with E-state index in [2.05, 4.69) is 0 Å². The number of aryl methyl sites for hydroxylation is 1. The second-order valence-corrected chi connectivity index (χ2v) is 4.84. The molecule has 3 N–H and O–H groups in total. The predicted molar refractivity (Wildman–Crippen MR) is 76.6 cm³/mol. The van der Waals surface area contributed by atoms with Crippen LogP contribution in [0.3, 0.4) is 0 Å². The number of hydrogen-bond acceptors (Lipinski definition) is 3. The molecule has 5 heteroatoms. The molecule has 0 spiro atoms. The van der Waals surface area contributed by atoms with Crippen molar-refractivity contribution in [2.24, 2.45) is 5.73 Å². The SMILES string of the molecule is Cc1ccc(F)cc1OCC(N)(C(=O)O)c1ccccc1. The topological polar surface area (TPSA) is 72.5 Å². The largest absolute Gasteiger partial charge is 0.490 e. The Morgan fingerprint density at radius 1 is 1.29 bits per heavy atom. The average molecular weight is 289 g/mol. The van der Waals surface area contributed by atoms with Gasteiger partial charge in [0.1, 0.15) is 18.2 Å². The quantitative estimate of drug-likeness (QED) is 0.886. The number of carboxylic acid groups (broad SMARTS) is 1. The number of carboxylic acids is 1. The Kier molecular flexibility index (Phi) is 4.23. The number of benzene rings is 2. The molecule has 0 amide bonds. The highest BCUT2D eigenvalue weighted by atomic mass is 19.1. The molecular weight excluding hydrogens is 273 g/mol. The van der Waals surface area contributed by atoms with Gasteiger partial charge in [-0.1, -0.05) is 36.4 Å². The van der Waals surface area contributed by atoms with Crippen LogP contribution in [0.25, 0.3) is 0 Å². The van der Waals surface area contributed by atoms with Gasteiger partial charge in [0.15, 0.2) is 5.54 Å². The highest BCUT2D eigenvalue weighted by molar-refractivity contribution is 5.80. The molecule has 0 saturated heterocycles. The van der Waals surface area contributed by atoms with Gasteiger partial charge in [0.2, 0.25) is 0 Å². The molecule has 4 nitrogen and oxygen atoms in total. The van der Waals surface area contributed by atoms with Crippen molar-refractivity contribution in [1.82, 2.24) is 0 Å². The molecule has 2 aromatic carbocycles. The molecule has 1 atom stereocenters. The Balaban J connectivity index is 2.26. The van der Waals surface area contributed by atoms with Gasteiger partial charge < -0.3 is 15.6 Å². The highest BCUT2D eigenvalue weighted by Crippen LogP contribution is 2.24. The lowest BCUT2D eigenvalue weighted by atomic mass is 9.92. The van der Waals surface area contributed by atoms with E-state index in [1.807, 2.05) is 0 Å². The summed E-state index contributed by atoms with van der Waals surface area (Å²) in [4.78, 5) is 11.5. The normalized spacial score (nSPS) is 13.5. The van der Waals surface area contributed by atoms with Crippen molar-refractivity contribution < 1.29 is 19.0 Å². The van der Waals surface area contributed by atoms with Gasteiger partial charge >= 0.3 is 5.97 Å². The number of rotatable bonds is 5. The fourth-order valence-corrected chi connectivity index (χ4v) is 1.93. The van der Waals surface area contributed by atoms with Crippen molar-refractivity contribution in [2.75, 3.05) is 6.61 Å². The summed E-state index contributed by atoms with van der Waals surface area (Å²) in [6.45, 7) is 1.45. The Morgan fingerprint density at radius 3 is 2.57 bits per heavy atom. The second kappa shape index (κ2) is 5.93. The molecule has 0 aliphatic carbocycles. The minimum Gasteiger partial charge on any atom is -0.490 e. The molecule has 2 rings (SSSR count). The van der Waals surface area contributed by atoms with Crippen LogP contribution in [0.5, 0.6) is 5.75 Å². The second-order valence-electron chi connectivity index (χ2n) is 4.84. The molecule has 0 bridgehead atoms. The number of hydrogen-bond donors (Lipinski definition) is 2. The summed E-state index contributed by atoms with van der Waals surface area (Å²) in [5.41, 5.74) is 5.41. The summed E-state index contributed by atoms with van der Waals surface area (Å²) in [6, 6.07) is 12.5. The van der Waals surface area contributed by atoms with Crippen LogP contribution in [0.1, 0.15) is 11.1 Å². The van der Waals surface area contributed by atoms with Gasteiger partial charge in [-0.25, -0.2) is 9.18 Å². The smallest absolute Gasteiger partial charge is 0.331 e. The molecule has 0 aromatic heterocycles. The van der Waals surface area contributed by atoms with Crippen LogP contribution in [-0.4, -0.2) is 17.7 Å². The zero-order chi connectivity index (χ0) is 15.5. The maximum absolute atomic E-state index is 13.2. The third-order valence-corrected chi connectivity index (χ3v) is 3.28. The van der Waals surface area contributed by atoms with Crippen molar-refractivity contribution in [1.29, 1.82) is 0 Å². The number of nitrogens with two attached hydrogens (primary N) is 1. The monoisotopic (exact) mass is 289 g/mol. The van der Waals surface area contributed by atoms with E-state index in [-0.39, 0.29) is 12.4 Å². The first kappa shape index (κ1) is 15.0. The summed E-state index contributed by atoms with van der Waals surface area (Å²) in [5.74, 6) is -1.38. The van der Waals surface area contributed by atoms with Crippen LogP contribution in [0.15, 0.2) is 48.5 Å². The van der Waals surface area contributed by atoms with Gasteiger partial charge in [0.25, 0.3) is 0 Å². The van der Waals surface area contributed by atoms with Crippen molar-refractivity contribution in [3.8, 4) is 5.75 Å². The minimum absolute atomic E-state index is 0.280. The van der Waals surface area contributed by atoms with Gasteiger partial charge in [0.05, 0.1) is 0 Å². The Bertz CT molecular complexity index is 645. The lowest BCUT2D eigenvalue weighted by Crippen LogP contribution is -2.49. The van der Waals surface area contributed by atoms with Crippen LogP contribution in [0.2, 0.25) is 0 Å². The Hall–Kier alpha value is -2.40. The summed E-state index contributed by atoms with van der Waals surface area (Å²) >= 11 is 0. The molecule has 110 valence electrons. The summed E-state index contributed by atoms with van der Waals surface area (Å²) in [6.07, 6.45) is 0. The third kappa shape index (κ3) is 3.20. The fraction of sp³-hybridized carbons (Fsp3) is 0.188. The molecular formula is C16H16FNO3. The van der Waals surface area contributed by atoms with Crippen molar-refractivity contribution in [3.63, 3.8) is 0 Å². The molecule has 0 fully saturated rings. The van der Waals surface area contributed by atoms with Gasteiger partial charge in [-0.3, -0.25) is 0 Å². The van der Waals surface area contributed by atoms with E-state index in [4.69, 9.17) is 10.5 Å². The zero-order valence-electron chi connectivity index (χ0n) is 11.5. The summed E-state index contributed by atoms with van der Waals surface area (Å²) < 4.78 is 18.7. The van der Waals surface area contributed by atoms with Crippen LogP contribution in [0.4, 0.5) is 4.39 Å². The van der Waals surface area contributed by atoms with E-state index in [0.29, 0.717) is 11.1 Å². The number of aliphatic carboxylic acids is 1. The van der Waals surface area contributed by atoms with E-state index in [9.17, 15) is 14.3 Å². The van der Waals surface area contributed by atoms with E-state index >= 15 is 0 Å². The standard InChI is InChI=1S/C16H16FNO3/c1-11-7-8-13(17)9-14(11)21-10-16(18,15(19)20)12-5-3-2-4-6-12/h2-9H,10,18H2,1H3,(H,19,20). The zero-order valence-corrected chi connectivity index (χ0v) is 11.5. The fourth-order valence-electron chi connectivity index (χ4n) is 1.93. The van der Waals surface area contributed by atoms with Crippen LogP contribution >= 0.6 is 0 Å². The molecule has 21 heavy (non-hydrogen) atoms. The van der Waals surface area contributed by atoms with E-state index in [1.165, 1.54) is 12.1 Å². The lowest BCUT2D eigenvalue weighted by Gasteiger charge is -2.25. The Labute approximate surface area is 122 Å². The number of ether oxygens (including phenoxy) is 1. The van der Waals surface area contributed by atoms with Crippen LogP contribution in [-0.2, 0) is 10.3 Å². The average Bonchev–Trinajstić information content (AvgIpc) is 2.48. The first-order valence-corrected chi connectivity index (χ1v) is 6.40. The lowest BCUT2D eigenvalue weighted by molar-refractivity contribution is -0.145. The van der Waals surface area contributed by atoms with Crippen LogP contribution < -0.4 is 10.5 Å². The molecule has 2 aromatic rings. The van der Waals surface area contributed by atoms with Gasteiger partial charge in [-0.15, -0.1) is 0 Å².